The zero-order valence-corrected chi connectivity index (χ0v) is 9.79. The summed E-state index contributed by atoms with van der Waals surface area (Å²) in [5, 5.41) is 17.8. The van der Waals surface area contributed by atoms with E-state index in [1.54, 1.807) is 18.2 Å². The molecule has 18 heavy (non-hydrogen) atoms. The second kappa shape index (κ2) is 4.94. The standard InChI is InChI=1S/C12H12N2O4/c1-17-11-4-8(5-13)2-3-10(11)14-6-9(7-15)18-12(14)16/h2-4,9,15H,6-7H2,1H3. The van der Waals surface area contributed by atoms with Gasteiger partial charge >= 0.3 is 6.09 Å². The van der Waals surface area contributed by atoms with E-state index in [-0.39, 0.29) is 13.2 Å². The largest absolute Gasteiger partial charge is 0.495 e. The third-order valence-corrected chi connectivity index (χ3v) is 2.68. The smallest absolute Gasteiger partial charge is 0.414 e. The van der Waals surface area contributed by atoms with Crippen LogP contribution in [0.15, 0.2) is 18.2 Å². The molecule has 0 aliphatic carbocycles. The maximum atomic E-state index is 11.6. The van der Waals surface area contributed by atoms with Gasteiger partial charge in [0.15, 0.2) is 0 Å². The first kappa shape index (κ1) is 12.2. The van der Waals surface area contributed by atoms with Gasteiger partial charge in [0.05, 0.1) is 37.6 Å². The fraction of sp³-hybridized carbons (Fsp3) is 0.333. The van der Waals surface area contributed by atoms with Crippen molar-refractivity contribution in [3.63, 3.8) is 0 Å². The van der Waals surface area contributed by atoms with Crippen LogP contribution in [-0.4, -0.2) is 37.6 Å². The summed E-state index contributed by atoms with van der Waals surface area (Å²) in [5.74, 6) is 0.421. The van der Waals surface area contributed by atoms with Gasteiger partial charge in [-0.15, -0.1) is 0 Å². The van der Waals surface area contributed by atoms with Crippen LogP contribution in [0.5, 0.6) is 5.75 Å². The van der Waals surface area contributed by atoms with Crippen molar-refractivity contribution >= 4 is 11.8 Å². The molecule has 1 aromatic carbocycles. The SMILES string of the molecule is COc1cc(C#N)ccc1N1CC(CO)OC1=O. The Morgan fingerprint density at radius 2 is 2.44 bits per heavy atom. The highest BCUT2D eigenvalue weighted by Crippen LogP contribution is 2.32. The lowest BCUT2D eigenvalue weighted by Gasteiger charge is -2.16. The van der Waals surface area contributed by atoms with Crippen LogP contribution in [0.1, 0.15) is 5.56 Å². The van der Waals surface area contributed by atoms with Gasteiger partial charge in [0.1, 0.15) is 11.9 Å². The molecule has 1 amide bonds. The quantitative estimate of drug-likeness (QED) is 0.858. The number of nitriles is 1. The first-order valence-electron chi connectivity index (χ1n) is 5.36. The lowest BCUT2D eigenvalue weighted by molar-refractivity contribution is 0.0963. The van der Waals surface area contributed by atoms with E-state index in [9.17, 15) is 4.79 Å². The molecule has 1 N–H and O–H groups in total. The first-order chi connectivity index (χ1) is 8.69. The van der Waals surface area contributed by atoms with Crippen molar-refractivity contribution < 1.29 is 19.4 Å². The number of cyclic esters (lactones) is 1. The summed E-state index contributed by atoms with van der Waals surface area (Å²) in [7, 11) is 1.46. The maximum absolute atomic E-state index is 11.6. The van der Waals surface area contributed by atoms with Gasteiger partial charge in [-0.25, -0.2) is 4.79 Å². The Morgan fingerprint density at radius 1 is 1.67 bits per heavy atom. The Hall–Kier alpha value is -2.26. The number of nitrogens with zero attached hydrogens (tertiary/aromatic N) is 2. The minimum absolute atomic E-state index is 0.221. The Kier molecular flexibility index (Phi) is 3.35. The minimum Gasteiger partial charge on any atom is -0.495 e. The van der Waals surface area contributed by atoms with Gasteiger partial charge < -0.3 is 14.6 Å². The van der Waals surface area contributed by atoms with Gasteiger partial charge in [-0.2, -0.15) is 5.26 Å². The normalized spacial score (nSPS) is 18.4. The Morgan fingerprint density at radius 3 is 3.00 bits per heavy atom. The summed E-state index contributed by atoms with van der Waals surface area (Å²) in [5.41, 5.74) is 0.972. The van der Waals surface area contributed by atoms with Gasteiger partial charge in [0.25, 0.3) is 0 Å². The molecule has 94 valence electrons. The Bertz CT molecular complexity index is 509. The molecule has 1 aliphatic rings. The van der Waals surface area contributed by atoms with Crippen molar-refractivity contribution in [3.8, 4) is 11.8 Å². The number of aliphatic hydroxyl groups is 1. The molecule has 1 atom stereocenters. The van der Waals surface area contributed by atoms with Crippen LogP contribution in [-0.2, 0) is 4.74 Å². The van der Waals surface area contributed by atoms with E-state index in [2.05, 4.69) is 0 Å². The third kappa shape index (κ3) is 2.08. The number of benzene rings is 1. The number of aliphatic hydroxyl groups excluding tert-OH is 1. The Balaban J connectivity index is 2.34. The summed E-state index contributed by atoms with van der Waals surface area (Å²) in [6.45, 7) is 0.0401. The zero-order valence-electron chi connectivity index (χ0n) is 9.79. The number of carbonyl (C=O) groups is 1. The average molecular weight is 248 g/mol. The lowest BCUT2D eigenvalue weighted by Crippen LogP contribution is -2.25. The van der Waals surface area contributed by atoms with Crippen LogP contribution in [0.2, 0.25) is 0 Å². The fourth-order valence-electron chi connectivity index (χ4n) is 1.78. The molecular weight excluding hydrogens is 236 g/mol. The maximum Gasteiger partial charge on any atom is 0.414 e. The van der Waals surface area contributed by atoms with E-state index in [0.717, 1.165) is 0 Å². The third-order valence-electron chi connectivity index (χ3n) is 2.68. The van der Waals surface area contributed by atoms with Crippen LogP contribution in [0.25, 0.3) is 0 Å². The van der Waals surface area contributed by atoms with Crippen molar-refractivity contribution in [2.45, 2.75) is 6.10 Å². The minimum atomic E-state index is -0.531. The highest BCUT2D eigenvalue weighted by atomic mass is 16.6. The van der Waals surface area contributed by atoms with Crippen molar-refractivity contribution in [2.75, 3.05) is 25.2 Å². The molecule has 0 saturated carbocycles. The van der Waals surface area contributed by atoms with Gasteiger partial charge in [-0.05, 0) is 12.1 Å². The second-order valence-corrected chi connectivity index (χ2v) is 3.80. The molecule has 1 aromatic rings. The lowest BCUT2D eigenvalue weighted by atomic mass is 10.2. The van der Waals surface area contributed by atoms with E-state index in [1.165, 1.54) is 12.0 Å². The van der Waals surface area contributed by atoms with E-state index >= 15 is 0 Å². The summed E-state index contributed by atoms with van der Waals surface area (Å²) < 4.78 is 10.1. The number of hydrogen-bond acceptors (Lipinski definition) is 5. The molecule has 0 spiro atoms. The number of anilines is 1. The van der Waals surface area contributed by atoms with Crippen LogP contribution in [0, 0.1) is 11.3 Å². The zero-order chi connectivity index (χ0) is 13.1. The molecule has 0 bridgehead atoms. The number of methoxy groups -OCH3 is 1. The molecule has 1 fully saturated rings. The van der Waals surface area contributed by atoms with Crippen molar-refractivity contribution in [2.24, 2.45) is 0 Å². The molecule has 6 heteroatoms. The topological polar surface area (TPSA) is 82.8 Å². The van der Waals surface area contributed by atoms with Crippen LogP contribution < -0.4 is 9.64 Å². The monoisotopic (exact) mass is 248 g/mol. The van der Waals surface area contributed by atoms with Crippen LogP contribution >= 0.6 is 0 Å². The number of rotatable bonds is 3. The predicted molar refractivity (Wildman–Crippen MR) is 62.4 cm³/mol. The van der Waals surface area contributed by atoms with Gasteiger partial charge in [0.2, 0.25) is 0 Å². The predicted octanol–water partition coefficient (Wildman–Crippen LogP) is 0.884. The van der Waals surface area contributed by atoms with Crippen molar-refractivity contribution in [1.82, 2.24) is 0 Å². The summed E-state index contributed by atoms with van der Waals surface area (Å²) in [4.78, 5) is 13.0. The van der Waals surface area contributed by atoms with Gasteiger partial charge in [-0.1, -0.05) is 0 Å². The number of carbonyl (C=O) groups excluding carboxylic acids is 1. The van der Waals surface area contributed by atoms with E-state index in [1.807, 2.05) is 6.07 Å². The van der Waals surface area contributed by atoms with E-state index in [4.69, 9.17) is 19.8 Å². The van der Waals surface area contributed by atoms with Gasteiger partial charge in [0, 0.05) is 6.07 Å². The number of ether oxygens (including phenoxy) is 2. The van der Waals surface area contributed by atoms with Gasteiger partial charge in [-0.3, -0.25) is 4.90 Å². The molecular formula is C12H12N2O4. The molecule has 1 aliphatic heterocycles. The molecule has 0 radical (unpaired) electrons. The fourth-order valence-corrected chi connectivity index (χ4v) is 1.78. The van der Waals surface area contributed by atoms with Crippen LogP contribution in [0.4, 0.5) is 10.5 Å². The van der Waals surface area contributed by atoms with E-state index in [0.29, 0.717) is 17.0 Å². The number of amides is 1. The molecule has 1 unspecified atom stereocenters. The van der Waals surface area contributed by atoms with E-state index < -0.39 is 12.2 Å². The highest BCUT2D eigenvalue weighted by Gasteiger charge is 2.33. The molecule has 1 heterocycles. The molecule has 0 aromatic heterocycles. The van der Waals surface area contributed by atoms with Crippen molar-refractivity contribution in [3.05, 3.63) is 23.8 Å². The molecule has 2 rings (SSSR count). The van der Waals surface area contributed by atoms with Crippen molar-refractivity contribution in [1.29, 1.82) is 5.26 Å². The summed E-state index contributed by atoms with van der Waals surface area (Å²) >= 11 is 0. The first-order valence-corrected chi connectivity index (χ1v) is 5.36. The van der Waals surface area contributed by atoms with Crippen LogP contribution in [0.3, 0.4) is 0 Å². The molecule has 6 nitrogen and oxygen atoms in total. The summed E-state index contributed by atoms with van der Waals surface area (Å²) in [6.07, 6.45) is -1.06. The summed E-state index contributed by atoms with van der Waals surface area (Å²) in [6, 6.07) is 6.76. The number of hydrogen-bond donors (Lipinski definition) is 1. The average Bonchev–Trinajstić information content (AvgIpc) is 2.79. The highest BCUT2D eigenvalue weighted by molar-refractivity contribution is 5.91. The molecule has 1 saturated heterocycles. The Labute approximate surface area is 104 Å². The second-order valence-electron chi connectivity index (χ2n) is 3.80.